The fourth-order valence-corrected chi connectivity index (χ4v) is 4.01. The van der Waals surface area contributed by atoms with E-state index in [1.54, 1.807) is 0 Å². The lowest BCUT2D eigenvalue weighted by molar-refractivity contribution is -0.0238. The van der Waals surface area contributed by atoms with E-state index in [0.717, 1.165) is 0 Å². The molecule has 0 saturated heterocycles. The van der Waals surface area contributed by atoms with E-state index in [1.165, 1.54) is 0 Å². The molecule has 5 rings (SSSR count). The van der Waals surface area contributed by atoms with Crippen molar-refractivity contribution in [3.63, 3.8) is 0 Å². The number of pyridine rings is 1. The maximum atomic E-state index is 10.9. The van der Waals surface area contributed by atoms with Gasteiger partial charge in [-0.05, 0) is 90.4 Å². The molecule has 1 N–H and O–H groups in total. The van der Waals surface area contributed by atoms with Crippen molar-refractivity contribution in [1.82, 2.24) is 4.98 Å². The summed E-state index contributed by atoms with van der Waals surface area (Å²) in [5, 5.41) is 10.9. The van der Waals surface area contributed by atoms with Gasteiger partial charge in [0.1, 0.15) is 0 Å². The van der Waals surface area contributed by atoms with E-state index in [4.69, 9.17) is 30.2 Å². The van der Waals surface area contributed by atoms with Gasteiger partial charge in [-0.1, -0.05) is 37.4 Å². The summed E-state index contributed by atoms with van der Waals surface area (Å²) in [4.78, 5) is 3.47. The number of aromatic nitrogens is 1. The quantitative estimate of drug-likeness (QED) is 0.669. The summed E-state index contributed by atoms with van der Waals surface area (Å²) < 4.78 is 210. The number of aliphatic hydroxyl groups is 1. The third-order valence-corrected chi connectivity index (χ3v) is 5.33. The highest BCUT2D eigenvalue weighted by Gasteiger charge is 2.56. The lowest BCUT2D eigenvalue weighted by atomic mass is 9.47. The third kappa shape index (κ3) is 2.24. The van der Waals surface area contributed by atoms with Gasteiger partial charge >= 0.3 is 0 Å². The number of allylic oxidation sites excluding steroid dienone is 3. The van der Waals surface area contributed by atoms with Crippen molar-refractivity contribution in [3.05, 3.63) is 47.7 Å². The van der Waals surface area contributed by atoms with Gasteiger partial charge in [0.25, 0.3) is 0 Å². The second-order valence-corrected chi connectivity index (χ2v) is 6.67. The molecular formula is C24H31NO. The van der Waals surface area contributed by atoms with Crippen LogP contribution in [0.15, 0.2) is 42.1 Å². The first-order chi connectivity index (χ1) is 22.0. The minimum absolute atomic E-state index is 0.951. The Labute approximate surface area is 191 Å². The van der Waals surface area contributed by atoms with Crippen LogP contribution in [0.3, 0.4) is 0 Å². The van der Waals surface area contributed by atoms with Crippen LogP contribution in [0.25, 0.3) is 5.57 Å². The maximum absolute atomic E-state index is 10.9. The molecule has 3 unspecified atom stereocenters. The van der Waals surface area contributed by atoms with Crippen molar-refractivity contribution in [2.24, 2.45) is 28.6 Å². The Morgan fingerprint density at radius 3 is 3.04 bits per heavy atom. The Kier molecular flexibility index (Phi) is 1.10. The molecule has 4 aliphatic rings. The average Bonchev–Trinajstić information content (AvgIpc) is 3.10. The zero-order chi connectivity index (χ0) is 38.9. The van der Waals surface area contributed by atoms with E-state index in [2.05, 4.69) is 4.98 Å². The summed E-state index contributed by atoms with van der Waals surface area (Å²) >= 11 is 0. The number of aliphatic hydroxyl groups excluding tert-OH is 1. The first kappa shape index (κ1) is 4.95. The smallest absolute Gasteiger partial charge is 0.0846 e. The maximum Gasteiger partial charge on any atom is 0.0846 e. The van der Waals surface area contributed by atoms with Crippen molar-refractivity contribution in [1.29, 1.82) is 0 Å². The normalized spacial score (nSPS) is 71.3. The second kappa shape index (κ2) is 5.79. The van der Waals surface area contributed by atoms with Gasteiger partial charge in [0.15, 0.2) is 0 Å². The van der Waals surface area contributed by atoms with Crippen LogP contribution in [0, 0.1) is 28.6 Å². The van der Waals surface area contributed by atoms with Gasteiger partial charge in [0.05, 0.1) is 14.3 Å². The zero-order valence-corrected chi connectivity index (χ0v) is 13.4. The van der Waals surface area contributed by atoms with E-state index in [9.17, 15) is 7.85 Å². The molecule has 0 radical (unpaired) electrons. The predicted molar refractivity (Wildman–Crippen MR) is 105 cm³/mol. The molecule has 1 heterocycles. The fourth-order valence-electron chi connectivity index (χ4n) is 4.01. The summed E-state index contributed by atoms with van der Waals surface area (Å²) in [5.41, 5.74) is -11.1. The van der Waals surface area contributed by atoms with Crippen molar-refractivity contribution in [2.45, 2.75) is 64.5 Å². The van der Waals surface area contributed by atoms with Crippen LogP contribution in [0.5, 0.6) is 0 Å². The Bertz CT molecular complexity index is 1740. The largest absolute Gasteiger partial charge is 0.393 e. The third-order valence-electron chi connectivity index (χ3n) is 5.33. The monoisotopic (exact) mass is 373 g/mol. The molecule has 0 spiro atoms. The van der Waals surface area contributed by atoms with Crippen molar-refractivity contribution >= 4 is 5.57 Å². The van der Waals surface area contributed by atoms with Crippen molar-refractivity contribution in [2.75, 3.05) is 0 Å². The summed E-state index contributed by atoms with van der Waals surface area (Å²) in [5.74, 6) is -8.07. The molecule has 138 valence electrons. The van der Waals surface area contributed by atoms with Gasteiger partial charge in [-0.25, -0.2) is 0 Å². The molecule has 2 saturated carbocycles. The van der Waals surface area contributed by atoms with Crippen LogP contribution in [0.1, 0.15) is 96.8 Å². The highest BCUT2D eigenvalue weighted by Crippen LogP contribution is 2.66. The average molecular weight is 374 g/mol. The fraction of sp³-hybridized carbons (Fsp3) is 0.625. The van der Waals surface area contributed by atoms with Gasteiger partial charge in [-0.3, -0.25) is 4.98 Å². The molecule has 6 atom stereocenters. The Morgan fingerprint density at radius 1 is 1.23 bits per heavy atom. The standard InChI is InChI=1S/C24H31NO/c1-23-11-9-18(26)14-17(23)5-6-19-21-8-7-20(16-4-3-13-25-15-16)24(21,2)12-10-22(19)23/h3-5,7,13,15,18-19,21-22,26H,6,8-12,14H2,1-2H3/t18-,19?,21?,22?,23-,24+/m0/s1/i1D3,2D3,3D,4D,5D,6D2,7D,8D2,9D2,11D2,12D2,13D,14D2,15D. The van der Waals surface area contributed by atoms with Gasteiger partial charge in [0.2, 0.25) is 0 Å². The number of nitrogens with zero attached hydrogens (tertiary/aromatic N) is 1. The summed E-state index contributed by atoms with van der Waals surface area (Å²) in [6.07, 6.45) is -29.1. The number of rotatable bonds is 1. The van der Waals surface area contributed by atoms with Gasteiger partial charge in [-0.15, -0.1) is 0 Å². The SMILES string of the molecule is [2H]C1=C2C([2H])([2H])[C@@H](O)C([2H])([2H])C([2H])([2H])[C@]2(C([2H])([2H])[2H])C2CC([2H])([2H])[C@]3(C([2H])([2H])[2H])C(c4c([2H])nc([2H])c([2H])c4[2H])=C([2H])C([2H])([2H])C3C2C1([2H])[2H]. The van der Waals surface area contributed by atoms with Crippen LogP contribution in [-0.4, -0.2) is 16.2 Å². The van der Waals surface area contributed by atoms with Gasteiger partial charge in [0, 0.05) is 37.0 Å². The Morgan fingerprint density at radius 2 is 2.15 bits per heavy atom. The molecule has 1 aromatic heterocycles. The minimum atomic E-state index is -4.02. The predicted octanol–water partition coefficient (Wildman–Crippen LogP) is 5.40. The second-order valence-electron chi connectivity index (χ2n) is 6.67. The Balaban J connectivity index is 2.06. The molecule has 0 aromatic carbocycles. The van der Waals surface area contributed by atoms with Gasteiger partial charge in [-0.2, -0.15) is 0 Å². The number of fused-ring (bicyclic) bond motifs is 5. The van der Waals surface area contributed by atoms with E-state index in [-0.39, 0.29) is 0 Å². The van der Waals surface area contributed by atoms with Crippen LogP contribution in [0.2, 0.25) is 0 Å². The van der Waals surface area contributed by atoms with E-state index in [0.29, 0.717) is 0 Å². The van der Waals surface area contributed by atoms with E-state index in [1.807, 2.05) is 0 Å². The first-order valence-corrected chi connectivity index (χ1v) is 8.12. The topological polar surface area (TPSA) is 33.1 Å². The lowest BCUT2D eigenvalue weighted by Crippen LogP contribution is -2.49. The molecule has 26 heavy (non-hydrogen) atoms. The summed E-state index contributed by atoms with van der Waals surface area (Å²) in [7, 11) is 0. The molecule has 0 bridgehead atoms. The van der Waals surface area contributed by atoms with Crippen LogP contribution >= 0.6 is 0 Å². The summed E-state index contributed by atoms with van der Waals surface area (Å²) in [6.45, 7) is -7.91. The van der Waals surface area contributed by atoms with Gasteiger partial charge < -0.3 is 5.11 Å². The summed E-state index contributed by atoms with van der Waals surface area (Å²) in [6, 6.07) is -5.26. The van der Waals surface area contributed by atoms with Crippen LogP contribution in [0.4, 0.5) is 0 Å². The molecule has 4 aliphatic carbocycles. The highest BCUT2D eigenvalue weighted by molar-refractivity contribution is 5.72. The minimum Gasteiger partial charge on any atom is -0.393 e. The van der Waals surface area contributed by atoms with E-state index >= 15 is 0 Å². The first-order valence-electron chi connectivity index (χ1n) is 20.1. The number of hydrogen-bond acceptors (Lipinski definition) is 2. The molecule has 2 nitrogen and oxygen atoms in total. The lowest BCUT2D eigenvalue weighted by Gasteiger charge is -2.57. The van der Waals surface area contributed by atoms with E-state index < -0.39 is 146 Å². The number of hydrogen-bond donors (Lipinski definition) is 1. The molecule has 2 heteroatoms. The van der Waals surface area contributed by atoms with Crippen LogP contribution < -0.4 is 0 Å². The highest BCUT2D eigenvalue weighted by atomic mass is 16.3. The molecule has 1 aromatic rings. The molecular weight excluding hydrogens is 318 g/mol. The van der Waals surface area contributed by atoms with Crippen LogP contribution in [-0.2, 0) is 0 Å². The molecule has 2 fully saturated rings. The molecule has 0 aliphatic heterocycles. The van der Waals surface area contributed by atoms with Crippen molar-refractivity contribution < 1.29 is 38.0 Å². The zero-order valence-electron chi connectivity index (χ0n) is 37.4. The van der Waals surface area contributed by atoms with Crippen molar-refractivity contribution in [3.8, 4) is 0 Å². The Hall–Kier alpha value is -1.41. The molecule has 0 amide bonds.